The van der Waals surface area contributed by atoms with Crippen LogP contribution in [0.4, 0.5) is 0 Å². The second kappa shape index (κ2) is 10.4. The summed E-state index contributed by atoms with van der Waals surface area (Å²) in [5, 5.41) is 16.3. The van der Waals surface area contributed by atoms with Gasteiger partial charge in [0.2, 0.25) is 6.79 Å². The van der Waals surface area contributed by atoms with Gasteiger partial charge in [0.15, 0.2) is 17.5 Å². The molecule has 3 N–H and O–H groups in total. The number of aliphatic hydroxyl groups is 1. The number of fused-ring (bicyclic) bond motifs is 1. The normalized spacial score (nSPS) is 17.9. The van der Waals surface area contributed by atoms with Crippen LogP contribution in [-0.4, -0.2) is 68.1 Å². The molecule has 3 rings (SSSR count). The molecule has 0 saturated carbocycles. The van der Waals surface area contributed by atoms with Crippen molar-refractivity contribution in [3.05, 3.63) is 23.8 Å². The van der Waals surface area contributed by atoms with Gasteiger partial charge in [-0.15, -0.1) is 0 Å². The minimum absolute atomic E-state index is 0.103. The molecule has 2 aliphatic rings. The van der Waals surface area contributed by atoms with Crippen molar-refractivity contribution in [1.29, 1.82) is 0 Å². The van der Waals surface area contributed by atoms with Crippen molar-refractivity contribution < 1.29 is 14.6 Å². The van der Waals surface area contributed by atoms with Crippen LogP contribution in [0.2, 0.25) is 0 Å². The Kier molecular flexibility index (Phi) is 7.59. The van der Waals surface area contributed by atoms with Crippen LogP contribution in [0, 0.1) is 0 Å². The van der Waals surface area contributed by atoms with E-state index in [4.69, 9.17) is 9.47 Å². The largest absolute Gasteiger partial charge is 0.454 e. The molecule has 0 unspecified atom stereocenters. The third-order valence-electron chi connectivity index (χ3n) is 4.95. The summed E-state index contributed by atoms with van der Waals surface area (Å²) in [5.74, 6) is 2.52. The first-order valence-corrected chi connectivity index (χ1v) is 10.1. The summed E-state index contributed by atoms with van der Waals surface area (Å²) in [6, 6.07) is 6.09. The zero-order valence-electron chi connectivity index (χ0n) is 16.2. The van der Waals surface area contributed by atoms with Crippen LogP contribution in [-0.2, 0) is 6.42 Å². The molecule has 0 aliphatic carbocycles. The lowest BCUT2D eigenvalue weighted by molar-refractivity contribution is 0.0824. The molecular formula is C20H32N4O3. The Balaban J connectivity index is 1.37. The molecule has 0 bridgehead atoms. The van der Waals surface area contributed by atoms with Gasteiger partial charge < -0.3 is 30.1 Å². The monoisotopic (exact) mass is 376 g/mol. The molecule has 27 heavy (non-hydrogen) atoms. The SMILES string of the molecule is CCNC(=NCCCN1CCC(O)CC1)NCCc1ccc2c(c1)OCO2. The minimum atomic E-state index is -0.103. The minimum Gasteiger partial charge on any atom is -0.454 e. The van der Waals surface area contributed by atoms with Crippen molar-refractivity contribution in [2.24, 2.45) is 4.99 Å². The topological polar surface area (TPSA) is 78.4 Å². The third kappa shape index (κ3) is 6.29. The lowest BCUT2D eigenvalue weighted by atomic mass is 10.1. The Hall–Kier alpha value is -1.99. The van der Waals surface area contributed by atoms with Crippen molar-refractivity contribution in [3.63, 3.8) is 0 Å². The second-order valence-corrected chi connectivity index (χ2v) is 7.05. The van der Waals surface area contributed by atoms with Gasteiger partial charge in [-0.1, -0.05) is 6.07 Å². The maximum Gasteiger partial charge on any atom is 0.231 e. The first-order chi connectivity index (χ1) is 13.2. The van der Waals surface area contributed by atoms with Crippen LogP contribution in [0.1, 0.15) is 31.7 Å². The summed E-state index contributed by atoms with van der Waals surface area (Å²) in [7, 11) is 0. The number of hydrogen-bond donors (Lipinski definition) is 3. The Labute approximate surface area is 161 Å². The molecule has 0 aromatic heterocycles. The first kappa shape index (κ1) is 19.8. The van der Waals surface area contributed by atoms with Gasteiger partial charge in [0.25, 0.3) is 0 Å². The van der Waals surface area contributed by atoms with Gasteiger partial charge in [-0.3, -0.25) is 4.99 Å². The number of aliphatic hydroxyl groups excluding tert-OH is 1. The number of nitrogens with zero attached hydrogens (tertiary/aromatic N) is 2. The van der Waals surface area contributed by atoms with E-state index in [1.165, 1.54) is 5.56 Å². The molecule has 2 aliphatic heterocycles. The predicted molar refractivity (Wildman–Crippen MR) is 107 cm³/mol. The molecular weight excluding hydrogens is 344 g/mol. The lowest BCUT2D eigenvalue weighted by Gasteiger charge is -2.29. The van der Waals surface area contributed by atoms with Gasteiger partial charge in [-0.25, -0.2) is 0 Å². The molecule has 1 saturated heterocycles. The van der Waals surface area contributed by atoms with E-state index in [1.54, 1.807) is 0 Å². The fraction of sp³-hybridized carbons (Fsp3) is 0.650. The number of benzene rings is 1. The van der Waals surface area contributed by atoms with Gasteiger partial charge in [0.05, 0.1) is 6.10 Å². The summed E-state index contributed by atoms with van der Waals surface area (Å²) < 4.78 is 10.8. The van der Waals surface area contributed by atoms with E-state index in [2.05, 4.69) is 33.5 Å². The van der Waals surface area contributed by atoms with E-state index >= 15 is 0 Å². The highest BCUT2D eigenvalue weighted by Crippen LogP contribution is 2.32. The molecule has 0 atom stereocenters. The first-order valence-electron chi connectivity index (χ1n) is 10.1. The van der Waals surface area contributed by atoms with E-state index in [0.717, 1.165) is 82.4 Å². The van der Waals surface area contributed by atoms with E-state index < -0.39 is 0 Å². The van der Waals surface area contributed by atoms with E-state index in [9.17, 15) is 5.11 Å². The number of rotatable bonds is 8. The molecule has 1 aromatic carbocycles. The average Bonchev–Trinajstić information content (AvgIpc) is 3.14. The van der Waals surface area contributed by atoms with E-state index in [0.29, 0.717) is 6.79 Å². The zero-order chi connectivity index (χ0) is 18.9. The van der Waals surface area contributed by atoms with E-state index in [-0.39, 0.29) is 6.10 Å². The van der Waals surface area contributed by atoms with Gasteiger partial charge in [0.1, 0.15) is 0 Å². The third-order valence-corrected chi connectivity index (χ3v) is 4.95. The van der Waals surface area contributed by atoms with Crippen LogP contribution in [0.25, 0.3) is 0 Å². The summed E-state index contributed by atoms with van der Waals surface area (Å²) in [6.45, 7) is 7.90. The Bertz CT molecular complexity index is 615. The zero-order valence-corrected chi connectivity index (χ0v) is 16.2. The predicted octanol–water partition coefficient (Wildman–Crippen LogP) is 1.36. The van der Waals surface area contributed by atoms with Crippen molar-refractivity contribution in [3.8, 4) is 11.5 Å². The summed E-state index contributed by atoms with van der Waals surface area (Å²) in [4.78, 5) is 7.09. The smallest absolute Gasteiger partial charge is 0.231 e. The summed E-state index contributed by atoms with van der Waals surface area (Å²) in [6.07, 6.45) is 3.63. The maximum atomic E-state index is 9.56. The number of likely N-dealkylation sites (tertiary alicyclic amines) is 1. The highest BCUT2D eigenvalue weighted by molar-refractivity contribution is 5.79. The number of guanidine groups is 1. The number of hydrogen-bond acceptors (Lipinski definition) is 5. The lowest BCUT2D eigenvalue weighted by Crippen LogP contribution is -2.39. The molecule has 0 spiro atoms. The molecule has 7 heteroatoms. The number of aliphatic imine (C=N–C) groups is 1. The Morgan fingerprint density at radius 1 is 1.22 bits per heavy atom. The van der Waals surface area contributed by atoms with Crippen molar-refractivity contribution in [2.45, 2.75) is 38.7 Å². The molecule has 1 aromatic rings. The number of ether oxygens (including phenoxy) is 2. The average molecular weight is 377 g/mol. The van der Waals surface area contributed by atoms with Crippen LogP contribution in [0.15, 0.2) is 23.2 Å². The molecule has 0 amide bonds. The molecule has 150 valence electrons. The number of piperidine rings is 1. The van der Waals surface area contributed by atoms with Crippen LogP contribution in [0.3, 0.4) is 0 Å². The van der Waals surface area contributed by atoms with Crippen LogP contribution < -0.4 is 20.1 Å². The van der Waals surface area contributed by atoms with Crippen molar-refractivity contribution in [1.82, 2.24) is 15.5 Å². The summed E-state index contributed by atoms with van der Waals surface area (Å²) in [5.41, 5.74) is 1.22. The Morgan fingerprint density at radius 2 is 2.04 bits per heavy atom. The molecule has 1 fully saturated rings. The summed E-state index contributed by atoms with van der Waals surface area (Å²) >= 11 is 0. The Morgan fingerprint density at radius 3 is 2.85 bits per heavy atom. The maximum absolute atomic E-state index is 9.56. The molecule has 2 heterocycles. The second-order valence-electron chi connectivity index (χ2n) is 7.05. The fourth-order valence-electron chi connectivity index (χ4n) is 3.39. The highest BCUT2D eigenvalue weighted by Gasteiger charge is 2.16. The van der Waals surface area contributed by atoms with E-state index in [1.807, 2.05) is 12.1 Å². The fourth-order valence-corrected chi connectivity index (χ4v) is 3.39. The standard InChI is InChI=1S/C20H32N4O3/c1-2-21-20(22-9-3-11-24-12-7-17(25)8-13-24)23-10-6-16-4-5-18-19(14-16)27-15-26-18/h4-5,14,17,25H,2-3,6-13,15H2,1H3,(H2,21,22,23). The van der Waals surface area contributed by atoms with Crippen LogP contribution >= 0.6 is 0 Å². The van der Waals surface area contributed by atoms with Gasteiger partial charge >= 0.3 is 0 Å². The van der Waals surface area contributed by atoms with Crippen molar-refractivity contribution in [2.75, 3.05) is 46.1 Å². The van der Waals surface area contributed by atoms with Crippen molar-refractivity contribution >= 4 is 5.96 Å². The molecule has 0 radical (unpaired) electrons. The van der Waals surface area contributed by atoms with Gasteiger partial charge in [-0.2, -0.15) is 0 Å². The van der Waals surface area contributed by atoms with Gasteiger partial charge in [-0.05, 0) is 56.8 Å². The highest BCUT2D eigenvalue weighted by atomic mass is 16.7. The van der Waals surface area contributed by atoms with Crippen LogP contribution in [0.5, 0.6) is 11.5 Å². The molecule has 7 nitrogen and oxygen atoms in total. The van der Waals surface area contributed by atoms with Gasteiger partial charge in [0, 0.05) is 32.7 Å². The quantitative estimate of drug-likeness (QED) is 0.361. The number of nitrogens with one attached hydrogen (secondary N) is 2.